The zero-order valence-electron chi connectivity index (χ0n) is 8.58. The van der Waals surface area contributed by atoms with Crippen LogP contribution in [0.2, 0.25) is 0 Å². The number of alkyl halides is 2. The normalized spacial score (nSPS) is 13.5. The van der Waals surface area contributed by atoms with Gasteiger partial charge in [0, 0.05) is 5.92 Å². The van der Waals surface area contributed by atoms with Crippen molar-refractivity contribution in [1.82, 2.24) is 0 Å². The fourth-order valence-corrected chi connectivity index (χ4v) is 1.35. The Morgan fingerprint density at radius 3 is 2.31 bits per heavy atom. The topological polar surface area (TPSA) is 37.3 Å². The third-order valence-electron chi connectivity index (χ3n) is 2.39. The van der Waals surface area contributed by atoms with Gasteiger partial charge < -0.3 is 5.11 Å². The highest BCUT2D eigenvalue weighted by Crippen LogP contribution is 2.35. The van der Waals surface area contributed by atoms with E-state index in [0.29, 0.717) is 0 Å². The average Bonchev–Trinajstić information content (AvgIpc) is 2.16. The minimum absolute atomic E-state index is 0.215. The Labute approximate surface area is 90.7 Å². The van der Waals surface area contributed by atoms with Crippen molar-refractivity contribution in [2.75, 3.05) is 0 Å². The van der Waals surface area contributed by atoms with Crippen LogP contribution in [-0.2, 0) is 4.79 Å². The summed E-state index contributed by atoms with van der Waals surface area (Å²) in [6.45, 7) is 1.22. The highest BCUT2D eigenvalue weighted by molar-refractivity contribution is 5.68. The van der Waals surface area contributed by atoms with Gasteiger partial charge in [0.1, 0.15) is 12.2 Å². The summed E-state index contributed by atoms with van der Waals surface area (Å²) < 4.78 is 39.3. The lowest BCUT2D eigenvalue weighted by Gasteiger charge is -2.22. The molecule has 0 heterocycles. The van der Waals surface area contributed by atoms with Crippen LogP contribution in [0.4, 0.5) is 13.2 Å². The number of carbonyl (C=O) groups is 1. The highest BCUT2D eigenvalue weighted by atomic mass is 19.3. The van der Waals surface area contributed by atoms with E-state index in [0.717, 1.165) is 12.1 Å². The van der Waals surface area contributed by atoms with Gasteiger partial charge in [0.15, 0.2) is 0 Å². The lowest BCUT2D eigenvalue weighted by Crippen LogP contribution is -2.27. The fraction of sp³-hybridized carbons (Fsp3) is 0.364. The third kappa shape index (κ3) is 2.98. The van der Waals surface area contributed by atoms with Gasteiger partial charge in [0.2, 0.25) is 0 Å². The smallest absolute Gasteiger partial charge is 0.309 e. The SMILES string of the molecule is CC(c1ccc(F)cc1)C(F)(F)CC(=O)O. The Kier molecular flexibility index (Phi) is 3.57. The number of benzene rings is 1. The number of rotatable bonds is 4. The number of hydrogen-bond acceptors (Lipinski definition) is 1. The molecule has 0 aromatic heterocycles. The van der Waals surface area contributed by atoms with E-state index < -0.39 is 30.0 Å². The molecule has 0 aliphatic heterocycles. The summed E-state index contributed by atoms with van der Waals surface area (Å²) in [5.41, 5.74) is 0.215. The summed E-state index contributed by atoms with van der Waals surface area (Å²) in [6, 6.07) is 4.61. The molecule has 1 rings (SSSR count). The van der Waals surface area contributed by atoms with Crippen LogP contribution in [0.1, 0.15) is 24.8 Å². The molecule has 1 aromatic rings. The van der Waals surface area contributed by atoms with Gasteiger partial charge in [-0.3, -0.25) is 4.79 Å². The maximum atomic E-state index is 13.4. The summed E-state index contributed by atoms with van der Waals surface area (Å²) in [7, 11) is 0. The highest BCUT2D eigenvalue weighted by Gasteiger charge is 2.39. The maximum Gasteiger partial charge on any atom is 0.309 e. The van der Waals surface area contributed by atoms with E-state index in [1.807, 2.05) is 0 Å². The van der Waals surface area contributed by atoms with Gasteiger partial charge >= 0.3 is 5.97 Å². The Hall–Kier alpha value is -1.52. The second kappa shape index (κ2) is 4.55. The molecule has 1 atom stereocenters. The molecule has 0 spiro atoms. The Balaban J connectivity index is 2.88. The summed E-state index contributed by atoms with van der Waals surface area (Å²) in [5.74, 6) is -6.68. The summed E-state index contributed by atoms with van der Waals surface area (Å²) in [6.07, 6.45) is -1.23. The zero-order chi connectivity index (χ0) is 12.3. The predicted molar refractivity (Wildman–Crippen MR) is 52.0 cm³/mol. The lowest BCUT2D eigenvalue weighted by atomic mass is 9.92. The van der Waals surface area contributed by atoms with Crippen molar-refractivity contribution in [2.45, 2.75) is 25.2 Å². The molecule has 1 unspecified atom stereocenters. The first-order valence-corrected chi connectivity index (χ1v) is 4.68. The Morgan fingerprint density at radius 1 is 1.38 bits per heavy atom. The van der Waals surface area contributed by atoms with Crippen LogP contribution in [0.25, 0.3) is 0 Å². The molecular formula is C11H11F3O2. The monoisotopic (exact) mass is 232 g/mol. The van der Waals surface area contributed by atoms with E-state index >= 15 is 0 Å². The van der Waals surface area contributed by atoms with Crippen LogP contribution in [-0.4, -0.2) is 17.0 Å². The van der Waals surface area contributed by atoms with Gasteiger partial charge in [-0.25, -0.2) is 13.2 Å². The first-order valence-electron chi connectivity index (χ1n) is 4.68. The third-order valence-corrected chi connectivity index (χ3v) is 2.39. The van der Waals surface area contributed by atoms with E-state index in [-0.39, 0.29) is 5.56 Å². The molecule has 0 saturated heterocycles. The van der Waals surface area contributed by atoms with E-state index in [1.54, 1.807) is 0 Å². The lowest BCUT2D eigenvalue weighted by molar-refractivity contribution is -0.146. The number of aliphatic carboxylic acids is 1. The number of hydrogen-bond donors (Lipinski definition) is 1. The molecule has 5 heteroatoms. The summed E-state index contributed by atoms with van der Waals surface area (Å²) >= 11 is 0. The van der Waals surface area contributed by atoms with Gasteiger partial charge in [0.05, 0.1) is 0 Å². The molecule has 0 radical (unpaired) electrons. The molecule has 2 nitrogen and oxygen atoms in total. The van der Waals surface area contributed by atoms with Gasteiger partial charge in [0.25, 0.3) is 5.92 Å². The minimum atomic E-state index is -3.34. The molecule has 0 fully saturated rings. The van der Waals surface area contributed by atoms with Crippen molar-refractivity contribution in [1.29, 1.82) is 0 Å². The molecule has 1 N–H and O–H groups in total. The molecule has 0 aliphatic carbocycles. The van der Waals surface area contributed by atoms with Gasteiger partial charge in [-0.05, 0) is 17.7 Å². The van der Waals surface area contributed by atoms with Crippen molar-refractivity contribution in [3.05, 3.63) is 35.6 Å². The van der Waals surface area contributed by atoms with E-state index in [2.05, 4.69) is 0 Å². The Morgan fingerprint density at radius 2 is 1.88 bits per heavy atom. The molecular weight excluding hydrogens is 221 g/mol. The molecule has 16 heavy (non-hydrogen) atoms. The molecule has 0 bridgehead atoms. The second-order valence-corrected chi connectivity index (χ2v) is 3.60. The molecule has 0 amide bonds. The maximum absolute atomic E-state index is 13.4. The van der Waals surface area contributed by atoms with Gasteiger partial charge in [-0.15, -0.1) is 0 Å². The predicted octanol–water partition coefficient (Wildman–Crippen LogP) is 3.04. The number of halogens is 3. The zero-order valence-corrected chi connectivity index (χ0v) is 8.58. The van der Waals surface area contributed by atoms with Crippen molar-refractivity contribution in [3.8, 4) is 0 Å². The molecule has 1 aromatic carbocycles. The van der Waals surface area contributed by atoms with E-state index in [1.165, 1.54) is 19.1 Å². The first kappa shape index (κ1) is 12.5. The van der Waals surface area contributed by atoms with Crippen LogP contribution in [0.3, 0.4) is 0 Å². The van der Waals surface area contributed by atoms with Crippen molar-refractivity contribution >= 4 is 5.97 Å². The van der Waals surface area contributed by atoms with Crippen molar-refractivity contribution in [3.63, 3.8) is 0 Å². The summed E-state index contributed by atoms with van der Waals surface area (Å²) in [5, 5.41) is 8.35. The molecule has 0 saturated carbocycles. The minimum Gasteiger partial charge on any atom is -0.481 e. The van der Waals surface area contributed by atoms with Crippen LogP contribution in [0.5, 0.6) is 0 Å². The van der Waals surface area contributed by atoms with E-state index in [9.17, 15) is 18.0 Å². The van der Waals surface area contributed by atoms with Crippen molar-refractivity contribution in [2.24, 2.45) is 0 Å². The first-order chi connectivity index (χ1) is 7.33. The quantitative estimate of drug-likeness (QED) is 0.866. The van der Waals surface area contributed by atoms with Gasteiger partial charge in [-0.2, -0.15) is 0 Å². The largest absolute Gasteiger partial charge is 0.481 e. The van der Waals surface area contributed by atoms with Gasteiger partial charge in [-0.1, -0.05) is 19.1 Å². The van der Waals surface area contributed by atoms with Crippen molar-refractivity contribution < 1.29 is 23.1 Å². The van der Waals surface area contributed by atoms with Crippen LogP contribution in [0, 0.1) is 5.82 Å². The van der Waals surface area contributed by atoms with E-state index in [4.69, 9.17) is 5.11 Å². The average molecular weight is 232 g/mol. The fourth-order valence-electron chi connectivity index (χ4n) is 1.35. The number of carboxylic acid groups (broad SMARTS) is 1. The van der Waals surface area contributed by atoms with Crippen LogP contribution >= 0.6 is 0 Å². The van der Waals surface area contributed by atoms with Crippen LogP contribution < -0.4 is 0 Å². The standard InChI is InChI=1S/C11H11F3O2/c1-7(11(13,14)6-10(15)16)8-2-4-9(12)5-3-8/h2-5,7H,6H2,1H3,(H,15,16). The molecule has 88 valence electrons. The summed E-state index contributed by atoms with van der Waals surface area (Å²) in [4.78, 5) is 10.3. The molecule has 0 aliphatic rings. The Bertz CT molecular complexity index is 373. The van der Waals surface area contributed by atoms with Crippen LogP contribution in [0.15, 0.2) is 24.3 Å². The second-order valence-electron chi connectivity index (χ2n) is 3.60. The number of carboxylic acids is 1.